The Morgan fingerprint density at radius 2 is 1.14 bits per heavy atom. The quantitative estimate of drug-likeness (QED) is 0.627. The van der Waals surface area contributed by atoms with E-state index in [4.69, 9.17) is 9.11 Å². The molecule has 0 bridgehead atoms. The lowest BCUT2D eigenvalue weighted by Gasteiger charge is -2.14. The van der Waals surface area contributed by atoms with Crippen LogP contribution in [0.25, 0.3) is 0 Å². The van der Waals surface area contributed by atoms with Crippen molar-refractivity contribution in [3.05, 3.63) is 48.5 Å². The third-order valence-electron chi connectivity index (χ3n) is 3.01. The van der Waals surface area contributed by atoms with Gasteiger partial charge in [0.05, 0.1) is 9.79 Å². The first-order valence-electron chi connectivity index (χ1n) is 5.98. The van der Waals surface area contributed by atoms with Crippen LogP contribution < -0.4 is 10.6 Å². The number of hydrogen-bond acceptors (Lipinski definition) is 4. The van der Waals surface area contributed by atoms with Gasteiger partial charge in [-0.1, -0.05) is 24.3 Å². The Balaban J connectivity index is 2.47. The zero-order valence-corrected chi connectivity index (χ0v) is 13.9. The summed E-state index contributed by atoms with van der Waals surface area (Å²) in [5.41, 5.74) is 0. The molecule has 2 aromatic carbocycles. The van der Waals surface area contributed by atoms with E-state index in [2.05, 4.69) is 0 Å². The second kappa shape index (κ2) is 6.06. The van der Waals surface area contributed by atoms with Crippen LogP contribution in [0.3, 0.4) is 0 Å². The summed E-state index contributed by atoms with van der Waals surface area (Å²) in [6.07, 6.45) is 0. The second-order valence-corrected chi connectivity index (χ2v) is 9.50. The normalized spacial score (nSPS) is 12.5. The molecule has 2 rings (SSSR count). The largest absolute Gasteiger partial charge is 0.294 e. The average Bonchev–Trinajstić information content (AvgIpc) is 2.45. The molecule has 2 aromatic rings. The number of benzene rings is 2. The Kier molecular flexibility index (Phi) is 4.70. The highest BCUT2D eigenvalue weighted by Crippen LogP contribution is 2.30. The van der Waals surface area contributed by atoms with Gasteiger partial charge in [-0.2, -0.15) is 16.8 Å². The van der Waals surface area contributed by atoms with Gasteiger partial charge in [0.2, 0.25) is 0 Å². The van der Waals surface area contributed by atoms with E-state index in [-0.39, 0.29) is 9.79 Å². The van der Waals surface area contributed by atoms with E-state index in [1.165, 1.54) is 36.4 Å². The molecule has 0 saturated carbocycles. The van der Waals surface area contributed by atoms with Crippen molar-refractivity contribution in [2.24, 2.45) is 0 Å². The number of hydrogen-bond donors (Lipinski definition) is 2. The Labute approximate surface area is 130 Å². The van der Waals surface area contributed by atoms with Crippen molar-refractivity contribution in [2.45, 2.75) is 9.79 Å². The topological polar surface area (TPSA) is 109 Å². The summed E-state index contributed by atoms with van der Waals surface area (Å²) >= 11 is 0. The van der Waals surface area contributed by atoms with E-state index in [1.54, 1.807) is 12.1 Å². The zero-order valence-electron chi connectivity index (χ0n) is 11.4. The van der Waals surface area contributed by atoms with E-state index >= 15 is 0 Å². The third kappa shape index (κ3) is 3.91. The predicted molar refractivity (Wildman–Crippen MR) is 84.6 cm³/mol. The Morgan fingerprint density at radius 1 is 0.773 bits per heavy atom. The Hall–Kier alpha value is -1.31. The highest BCUT2D eigenvalue weighted by molar-refractivity contribution is 7.86. The minimum Gasteiger partial charge on any atom is -0.282 e. The summed E-state index contributed by atoms with van der Waals surface area (Å²) in [5.74, 6) is 0. The van der Waals surface area contributed by atoms with Crippen LogP contribution in [0, 0.1) is 0 Å². The van der Waals surface area contributed by atoms with E-state index < -0.39 is 28.2 Å². The van der Waals surface area contributed by atoms with Crippen molar-refractivity contribution in [2.75, 3.05) is 6.66 Å². The highest BCUT2D eigenvalue weighted by atomic mass is 32.2. The van der Waals surface area contributed by atoms with Crippen molar-refractivity contribution in [1.29, 1.82) is 0 Å². The molecule has 0 saturated heterocycles. The smallest absolute Gasteiger partial charge is 0.282 e. The van der Waals surface area contributed by atoms with Crippen molar-refractivity contribution >= 4 is 38.8 Å². The maximum atomic E-state index is 11.2. The summed E-state index contributed by atoms with van der Waals surface area (Å²) in [4.78, 5) is -0.435. The van der Waals surface area contributed by atoms with E-state index in [1.807, 2.05) is 6.66 Å². The van der Waals surface area contributed by atoms with Crippen molar-refractivity contribution in [3.63, 3.8) is 0 Å². The molecule has 0 atom stereocenters. The zero-order chi connectivity index (χ0) is 16.5. The molecular formula is C13H13O6PS2. The SMILES string of the molecule is CP(c1cccc(S(=O)(=O)O)c1)c1cccc(S(=O)(=O)O)c1. The van der Waals surface area contributed by atoms with Crippen LogP contribution in [0.4, 0.5) is 0 Å². The highest BCUT2D eigenvalue weighted by Gasteiger charge is 2.16. The first-order valence-corrected chi connectivity index (χ1v) is 10.6. The molecular weight excluding hydrogens is 347 g/mol. The molecule has 2 N–H and O–H groups in total. The molecule has 0 unspecified atom stereocenters. The molecule has 9 heteroatoms. The van der Waals surface area contributed by atoms with Gasteiger partial charge in [0.25, 0.3) is 20.2 Å². The monoisotopic (exact) mass is 360 g/mol. The fourth-order valence-corrected chi connectivity index (χ4v) is 4.66. The molecule has 0 aliphatic carbocycles. The molecule has 0 heterocycles. The lowest BCUT2D eigenvalue weighted by molar-refractivity contribution is 0.481. The molecule has 22 heavy (non-hydrogen) atoms. The third-order valence-corrected chi connectivity index (χ3v) is 6.81. The maximum absolute atomic E-state index is 11.2. The van der Waals surface area contributed by atoms with Crippen LogP contribution >= 0.6 is 7.92 Å². The van der Waals surface area contributed by atoms with E-state index in [0.717, 1.165) is 0 Å². The van der Waals surface area contributed by atoms with Gasteiger partial charge in [-0.25, -0.2) is 0 Å². The van der Waals surface area contributed by atoms with Crippen molar-refractivity contribution < 1.29 is 25.9 Å². The lowest BCUT2D eigenvalue weighted by Crippen LogP contribution is -2.14. The summed E-state index contributed by atoms with van der Waals surface area (Å²) < 4.78 is 62.9. The first kappa shape index (κ1) is 17.1. The minimum atomic E-state index is -4.30. The maximum Gasteiger partial charge on any atom is 0.294 e. The molecule has 0 radical (unpaired) electrons. The van der Waals surface area contributed by atoms with Gasteiger partial charge in [0, 0.05) is 0 Å². The fraction of sp³-hybridized carbons (Fsp3) is 0.0769. The van der Waals surface area contributed by atoms with Crippen LogP contribution in [-0.4, -0.2) is 32.6 Å². The van der Waals surface area contributed by atoms with Gasteiger partial charge in [-0.15, -0.1) is 0 Å². The van der Waals surface area contributed by atoms with Gasteiger partial charge >= 0.3 is 0 Å². The van der Waals surface area contributed by atoms with E-state index in [9.17, 15) is 16.8 Å². The van der Waals surface area contributed by atoms with Crippen molar-refractivity contribution in [3.8, 4) is 0 Å². The summed E-state index contributed by atoms with van der Waals surface area (Å²) in [6.45, 7) is 1.82. The molecule has 0 aliphatic rings. The summed E-state index contributed by atoms with van der Waals surface area (Å²) in [6, 6.07) is 11.6. The van der Waals surface area contributed by atoms with E-state index in [0.29, 0.717) is 10.6 Å². The molecule has 0 aromatic heterocycles. The summed E-state index contributed by atoms with van der Waals surface area (Å²) in [7, 11) is -9.64. The van der Waals surface area contributed by atoms with Crippen molar-refractivity contribution in [1.82, 2.24) is 0 Å². The van der Waals surface area contributed by atoms with Crippen LogP contribution in [-0.2, 0) is 20.2 Å². The molecule has 0 fully saturated rings. The second-order valence-electron chi connectivity index (χ2n) is 4.50. The van der Waals surface area contributed by atoms with Gasteiger partial charge in [0.1, 0.15) is 0 Å². The van der Waals surface area contributed by atoms with Gasteiger partial charge in [-0.3, -0.25) is 9.11 Å². The average molecular weight is 360 g/mol. The standard InChI is InChI=1S/C13H13O6PS2/c1-20(10-4-2-6-12(8-10)21(14,15)16)11-5-3-7-13(9-11)22(17,18)19/h2-9H,1H3,(H,14,15,16)(H,17,18,19). The van der Waals surface area contributed by atoms with Crippen LogP contribution in [0.1, 0.15) is 0 Å². The van der Waals surface area contributed by atoms with Crippen LogP contribution in [0.2, 0.25) is 0 Å². The first-order chi connectivity index (χ1) is 10.1. The van der Waals surface area contributed by atoms with Crippen LogP contribution in [0.15, 0.2) is 58.3 Å². The molecule has 118 valence electrons. The number of rotatable bonds is 4. The van der Waals surface area contributed by atoms with Gasteiger partial charge < -0.3 is 0 Å². The fourth-order valence-electron chi connectivity index (χ4n) is 1.85. The molecule has 0 amide bonds. The molecule has 6 nitrogen and oxygen atoms in total. The van der Waals surface area contributed by atoms with Gasteiger partial charge in [0.15, 0.2) is 0 Å². The summed E-state index contributed by atoms with van der Waals surface area (Å²) in [5, 5.41) is 1.30. The molecule has 0 spiro atoms. The minimum absolute atomic E-state index is 0.217. The Morgan fingerprint density at radius 3 is 1.45 bits per heavy atom. The Bertz CT molecular complexity index is 830. The molecule has 0 aliphatic heterocycles. The van der Waals surface area contributed by atoms with Gasteiger partial charge in [-0.05, 0) is 49.5 Å². The lowest BCUT2D eigenvalue weighted by atomic mass is 10.4. The van der Waals surface area contributed by atoms with Crippen LogP contribution in [0.5, 0.6) is 0 Å². The predicted octanol–water partition coefficient (Wildman–Crippen LogP) is 1.24.